The summed E-state index contributed by atoms with van der Waals surface area (Å²) in [6.07, 6.45) is 7.33. The molecule has 0 radical (unpaired) electrons. The molecular weight excluding hydrogens is 210 g/mol. The summed E-state index contributed by atoms with van der Waals surface area (Å²) >= 11 is 0. The summed E-state index contributed by atoms with van der Waals surface area (Å²) in [5.41, 5.74) is 0.875. The Balaban J connectivity index is 1.76. The minimum atomic E-state index is -0.397. The topological polar surface area (TPSA) is 25.2 Å². The fraction of sp³-hybridized carbons (Fsp3) is 0.467. The molecule has 0 bridgehead atoms. The normalized spacial score (nSPS) is 18.9. The number of aryl methyl sites for hydroxylation is 1. The molecule has 1 heterocycles. The smallest absolute Gasteiger partial charge is 0.0664 e. The highest BCUT2D eigenvalue weighted by atomic mass is 16.3. The number of para-hydroxylation sites is 1. The van der Waals surface area contributed by atoms with Crippen LogP contribution in [0.2, 0.25) is 0 Å². The highest BCUT2D eigenvalue weighted by Gasteiger charge is 2.30. The SMILES string of the molecule is OC1(CCn2ccc3ccccc32)CCCC1. The van der Waals surface area contributed by atoms with Gasteiger partial charge in [0.2, 0.25) is 0 Å². The van der Waals surface area contributed by atoms with Gasteiger partial charge in [0.15, 0.2) is 0 Å². The van der Waals surface area contributed by atoms with Crippen molar-refractivity contribution in [1.82, 2.24) is 4.57 Å². The lowest BCUT2D eigenvalue weighted by Gasteiger charge is -2.22. The van der Waals surface area contributed by atoms with Crippen molar-refractivity contribution in [3.8, 4) is 0 Å². The van der Waals surface area contributed by atoms with E-state index in [1.165, 1.54) is 23.7 Å². The Bertz CT molecular complexity index is 508. The van der Waals surface area contributed by atoms with Gasteiger partial charge in [-0.1, -0.05) is 31.0 Å². The van der Waals surface area contributed by atoms with E-state index in [1.54, 1.807) is 0 Å². The molecule has 0 spiro atoms. The minimum absolute atomic E-state index is 0.397. The van der Waals surface area contributed by atoms with Gasteiger partial charge < -0.3 is 9.67 Å². The quantitative estimate of drug-likeness (QED) is 0.858. The molecule has 1 fully saturated rings. The van der Waals surface area contributed by atoms with Gasteiger partial charge in [0.05, 0.1) is 5.60 Å². The van der Waals surface area contributed by atoms with Crippen molar-refractivity contribution in [3.05, 3.63) is 36.5 Å². The fourth-order valence-corrected chi connectivity index (χ4v) is 2.95. The van der Waals surface area contributed by atoms with Crippen molar-refractivity contribution in [3.63, 3.8) is 0 Å². The number of fused-ring (bicyclic) bond motifs is 1. The zero-order valence-corrected chi connectivity index (χ0v) is 10.1. The third-order valence-corrected chi connectivity index (χ3v) is 4.03. The molecule has 0 unspecified atom stereocenters. The Morgan fingerprint density at radius 3 is 2.71 bits per heavy atom. The number of aromatic nitrogens is 1. The van der Waals surface area contributed by atoms with Crippen LogP contribution in [0.1, 0.15) is 32.1 Å². The molecule has 2 aromatic rings. The van der Waals surface area contributed by atoms with Gasteiger partial charge in [-0.3, -0.25) is 0 Å². The summed E-state index contributed by atoms with van der Waals surface area (Å²) in [7, 11) is 0. The van der Waals surface area contributed by atoms with Gasteiger partial charge in [-0.25, -0.2) is 0 Å². The molecule has 2 heteroatoms. The molecule has 1 aromatic carbocycles. The monoisotopic (exact) mass is 229 g/mol. The first-order valence-electron chi connectivity index (χ1n) is 6.53. The van der Waals surface area contributed by atoms with Gasteiger partial charge >= 0.3 is 0 Å². The maximum absolute atomic E-state index is 10.3. The van der Waals surface area contributed by atoms with Crippen LogP contribution in [0.5, 0.6) is 0 Å². The maximum atomic E-state index is 10.3. The zero-order chi connectivity index (χ0) is 11.7. The molecule has 1 aliphatic carbocycles. The predicted molar refractivity (Wildman–Crippen MR) is 70.0 cm³/mol. The van der Waals surface area contributed by atoms with Crippen LogP contribution in [0.3, 0.4) is 0 Å². The molecule has 1 N–H and O–H groups in total. The first-order valence-corrected chi connectivity index (χ1v) is 6.53. The van der Waals surface area contributed by atoms with Crippen molar-refractivity contribution in [2.45, 2.75) is 44.2 Å². The van der Waals surface area contributed by atoms with E-state index in [-0.39, 0.29) is 0 Å². The van der Waals surface area contributed by atoms with E-state index in [4.69, 9.17) is 0 Å². The number of nitrogens with zero attached hydrogens (tertiary/aromatic N) is 1. The fourth-order valence-electron chi connectivity index (χ4n) is 2.95. The first-order chi connectivity index (χ1) is 8.27. The number of aliphatic hydroxyl groups is 1. The molecule has 3 rings (SSSR count). The van der Waals surface area contributed by atoms with Gasteiger partial charge in [-0.05, 0) is 36.8 Å². The molecular formula is C15H19NO. The Hall–Kier alpha value is -1.28. The van der Waals surface area contributed by atoms with Crippen LogP contribution >= 0.6 is 0 Å². The lowest BCUT2D eigenvalue weighted by Crippen LogP contribution is -2.25. The van der Waals surface area contributed by atoms with Crippen LogP contribution in [0.4, 0.5) is 0 Å². The van der Waals surface area contributed by atoms with E-state index in [2.05, 4.69) is 41.1 Å². The van der Waals surface area contributed by atoms with Crippen LogP contribution in [-0.4, -0.2) is 15.3 Å². The molecule has 0 amide bonds. The second-order valence-corrected chi connectivity index (χ2v) is 5.25. The van der Waals surface area contributed by atoms with E-state index < -0.39 is 5.60 Å². The molecule has 0 saturated heterocycles. The zero-order valence-electron chi connectivity index (χ0n) is 10.1. The number of hydrogen-bond donors (Lipinski definition) is 1. The van der Waals surface area contributed by atoms with Crippen LogP contribution in [0.25, 0.3) is 10.9 Å². The highest BCUT2D eigenvalue weighted by Crippen LogP contribution is 2.33. The molecule has 90 valence electrons. The van der Waals surface area contributed by atoms with Gasteiger partial charge in [0.1, 0.15) is 0 Å². The third-order valence-electron chi connectivity index (χ3n) is 4.03. The Morgan fingerprint density at radius 1 is 1.12 bits per heavy atom. The summed E-state index contributed by atoms with van der Waals surface area (Å²) < 4.78 is 2.26. The Morgan fingerprint density at radius 2 is 1.88 bits per heavy atom. The summed E-state index contributed by atoms with van der Waals surface area (Å²) in [5.74, 6) is 0. The summed E-state index contributed by atoms with van der Waals surface area (Å²) in [6, 6.07) is 10.6. The van der Waals surface area contributed by atoms with Crippen molar-refractivity contribution in [2.24, 2.45) is 0 Å². The maximum Gasteiger partial charge on any atom is 0.0664 e. The Kier molecular flexibility index (Phi) is 2.67. The molecule has 2 nitrogen and oxygen atoms in total. The van der Waals surface area contributed by atoms with E-state index >= 15 is 0 Å². The van der Waals surface area contributed by atoms with Crippen molar-refractivity contribution < 1.29 is 5.11 Å². The van der Waals surface area contributed by atoms with E-state index in [9.17, 15) is 5.11 Å². The highest BCUT2D eigenvalue weighted by molar-refractivity contribution is 5.79. The molecule has 1 aromatic heterocycles. The van der Waals surface area contributed by atoms with Gasteiger partial charge in [0, 0.05) is 18.3 Å². The van der Waals surface area contributed by atoms with E-state index in [1.807, 2.05) is 0 Å². The number of rotatable bonds is 3. The number of hydrogen-bond acceptors (Lipinski definition) is 1. The van der Waals surface area contributed by atoms with Gasteiger partial charge in [0.25, 0.3) is 0 Å². The van der Waals surface area contributed by atoms with E-state index in [0.717, 1.165) is 25.8 Å². The summed E-state index contributed by atoms with van der Waals surface area (Å²) in [4.78, 5) is 0. The summed E-state index contributed by atoms with van der Waals surface area (Å²) in [6.45, 7) is 0.921. The first kappa shape index (κ1) is 10.8. The van der Waals surface area contributed by atoms with Crippen LogP contribution in [0.15, 0.2) is 36.5 Å². The lowest BCUT2D eigenvalue weighted by atomic mass is 9.98. The van der Waals surface area contributed by atoms with Crippen LogP contribution in [-0.2, 0) is 6.54 Å². The second-order valence-electron chi connectivity index (χ2n) is 5.25. The molecule has 0 atom stereocenters. The Labute approximate surface area is 102 Å². The molecule has 1 saturated carbocycles. The second kappa shape index (κ2) is 4.19. The van der Waals surface area contributed by atoms with Crippen molar-refractivity contribution in [1.29, 1.82) is 0 Å². The third kappa shape index (κ3) is 2.09. The van der Waals surface area contributed by atoms with Crippen LogP contribution in [0, 0.1) is 0 Å². The average Bonchev–Trinajstić information content (AvgIpc) is 2.94. The van der Waals surface area contributed by atoms with Crippen LogP contribution < -0.4 is 0 Å². The molecule has 1 aliphatic rings. The van der Waals surface area contributed by atoms with Gasteiger partial charge in [-0.15, -0.1) is 0 Å². The number of benzene rings is 1. The standard InChI is InChI=1S/C15H19NO/c17-15(8-3-4-9-15)10-12-16-11-7-13-5-1-2-6-14(13)16/h1-2,5-7,11,17H,3-4,8-10,12H2. The van der Waals surface area contributed by atoms with Crippen molar-refractivity contribution in [2.75, 3.05) is 0 Å². The minimum Gasteiger partial charge on any atom is -0.390 e. The molecule has 17 heavy (non-hydrogen) atoms. The van der Waals surface area contributed by atoms with Gasteiger partial charge in [-0.2, -0.15) is 0 Å². The molecule has 0 aliphatic heterocycles. The predicted octanol–water partition coefficient (Wildman–Crippen LogP) is 3.34. The average molecular weight is 229 g/mol. The summed E-state index contributed by atoms with van der Waals surface area (Å²) in [5, 5.41) is 11.6. The van der Waals surface area contributed by atoms with E-state index in [0.29, 0.717) is 0 Å². The largest absolute Gasteiger partial charge is 0.390 e. The lowest BCUT2D eigenvalue weighted by molar-refractivity contribution is 0.0348. The van der Waals surface area contributed by atoms with Crippen molar-refractivity contribution >= 4 is 10.9 Å².